The Hall–Kier alpha value is -1.78. The molecular weight excluding hydrogens is 201 g/mol. The second-order valence-electron chi connectivity index (χ2n) is 2.90. The lowest BCUT2D eigenvalue weighted by molar-refractivity contribution is 0.208. The van der Waals surface area contributed by atoms with E-state index in [1.165, 1.54) is 12.1 Å². The molecule has 0 fully saturated rings. The predicted molar refractivity (Wildman–Crippen MR) is 52.5 cm³/mol. The highest BCUT2D eigenvalue weighted by molar-refractivity contribution is 5.68. The van der Waals surface area contributed by atoms with Crippen molar-refractivity contribution in [2.75, 3.05) is 6.61 Å². The first kappa shape index (κ1) is 11.3. The van der Waals surface area contributed by atoms with Crippen LogP contribution < -0.4 is 15.2 Å². The molecule has 0 unspecified atom stereocenters. The first-order valence-corrected chi connectivity index (χ1v) is 4.44. The number of aryl methyl sites for hydroxylation is 1. The van der Waals surface area contributed by atoms with Gasteiger partial charge in [-0.1, -0.05) is 0 Å². The molecule has 2 N–H and O–H groups in total. The molecule has 0 radical (unpaired) electrons. The van der Waals surface area contributed by atoms with Crippen LogP contribution in [0.3, 0.4) is 0 Å². The summed E-state index contributed by atoms with van der Waals surface area (Å²) in [4.78, 5) is 10.5. The van der Waals surface area contributed by atoms with E-state index >= 15 is 0 Å². The zero-order chi connectivity index (χ0) is 11.4. The van der Waals surface area contributed by atoms with Gasteiger partial charge in [0.2, 0.25) is 0 Å². The molecule has 1 aromatic carbocycles. The Balaban J connectivity index is 3.05. The molecule has 0 aromatic heterocycles. The third-order valence-electron chi connectivity index (χ3n) is 1.74. The number of carbonyl (C=O) groups excluding carboxylic acids is 1. The van der Waals surface area contributed by atoms with Crippen LogP contribution in [0.1, 0.15) is 12.5 Å². The maximum absolute atomic E-state index is 13.2. The van der Waals surface area contributed by atoms with E-state index < -0.39 is 11.9 Å². The topological polar surface area (TPSA) is 61.6 Å². The standard InChI is InChI=1S/C10H12FNO3/c1-3-14-8-5-9(15-10(12)13)7(11)4-6(8)2/h4-5H,3H2,1-2H3,(H2,12,13). The normalized spacial score (nSPS) is 9.80. The van der Waals surface area contributed by atoms with Crippen molar-refractivity contribution in [3.8, 4) is 11.5 Å². The quantitative estimate of drug-likeness (QED) is 0.835. The van der Waals surface area contributed by atoms with Crippen LogP contribution >= 0.6 is 0 Å². The zero-order valence-corrected chi connectivity index (χ0v) is 8.54. The van der Waals surface area contributed by atoms with Gasteiger partial charge in [0, 0.05) is 6.07 Å². The lowest BCUT2D eigenvalue weighted by atomic mass is 10.2. The van der Waals surface area contributed by atoms with Crippen molar-refractivity contribution in [1.29, 1.82) is 0 Å². The summed E-state index contributed by atoms with van der Waals surface area (Å²) < 4.78 is 22.9. The first-order valence-electron chi connectivity index (χ1n) is 4.44. The Bertz CT molecular complexity index is 379. The fourth-order valence-electron chi connectivity index (χ4n) is 1.13. The number of hydrogen-bond donors (Lipinski definition) is 1. The van der Waals surface area contributed by atoms with Crippen molar-refractivity contribution in [3.63, 3.8) is 0 Å². The van der Waals surface area contributed by atoms with E-state index in [2.05, 4.69) is 4.74 Å². The van der Waals surface area contributed by atoms with Gasteiger partial charge in [-0.05, 0) is 25.5 Å². The average Bonchev–Trinajstić information content (AvgIpc) is 2.12. The highest BCUT2D eigenvalue weighted by Gasteiger charge is 2.11. The molecule has 0 atom stereocenters. The summed E-state index contributed by atoms with van der Waals surface area (Å²) in [6.07, 6.45) is -1.06. The minimum absolute atomic E-state index is 0.225. The van der Waals surface area contributed by atoms with E-state index in [0.717, 1.165) is 0 Å². The third-order valence-corrected chi connectivity index (χ3v) is 1.74. The average molecular weight is 213 g/mol. The number of halogens is 1. The third kappa shape index (κ3) is 2.83. The maximum Gasteiger partial charge on any atom is 0.410 e. The molecule has 0 heterocycles. The van der Waals surface area contributed by atoms with E-state index in [-0.39, 0.29) is 5.75 Å². The van der Waals surface area contributed by atoms with Gasteiger partial charge in [0.15, 0.2) is 11.6 Å². The summed E-state index contributed by atoms with van der Waals surface area (Å²) in [6.45, 7) is 3.95. The van der Waals surface area contributed by atoms with Crippen LogP contribution in [-0.4, -0.2) is 12.7 Å². The summed E-state index contributed by atoms with van der Waals surface area (Å²) in [5, 5.41) is 0. The molecule has 5 heteroatoms. The molecule has 15 heavy (non-hydrogen) atoms. The number of ether oxygens (including phenoxy) is 2. The zero-order valence-electron chi connectivity index (χ0n) is 8.54. The minimum Gasteiger partial charge on any atom is -0.493 e. The molecular formula is C10H12FNO3. The van der Waals surface area contributed by atoms with Gasteiger partial charge in [0.05, 0.1) is 6.61 Å². The lowest BCUT2D eigenvalue weighted by Crippen LogP contribution is -2.17. The van der Waals surface area contributed by atoms with Crippen LogP contribution in [0.4, 0.5) is 9.18 Å². The SMILES string of the molecule is CCOc1cc(OC(N)=O)c(F)cc1C. The summed E-state index contributed by atoms with van der Waals surface area (Å²) in [7, 11) is 0. The Morgan fingerprint density at radius 1 is 1.47 bits per heavy atom. The second kappa shape index (κ2) is 4.63. The van der Waals surface area contributed by atoms with Crippen molar-refractivity contribution in [2.24, 2.45) is 5.73 Å². The van der Waals surface area contributed by atoms with Gasteiger partial charge < -0.3 is 15.2 Å². The fourth-order valence-corrected chi connectivity index (χ4v) is 1.13. The van der Waals surface area contributed by atoms with Gasteiger partial charge in [-0.3, -0.25) is 0 Å². The van der Waals surface area contributed by atoms with Crippen molar-refractivity contribution in [2.45, 2.75) is 13.8 Å². The molecule has 82 valence electrons. The molecule has 4 nitrogen and oxygen atoms in total. The number of carbonyl (C=O) groups is 1. The molecule has 1 amide bonds. The first-order chi connectivity index (χ1) is 7.04. The number of amides is 1. The minimum atomic E-state index is -1.06. The number of primary amides is 1. The molecule has 0 aliphatic carbocycles. The van der Waals surface area contributed by atoms with Gasteiger partial charge in [-0.25, -0.2) is 9.18 Å². The number of rotatable bonds is 3. The highest BCUT2D eigenvalue weighted by Crippen LogP contribution is 2.27. The molecule has 1 aromatic rings. The van der Waals surface area contributed by atoms with Crippen LogP contribution in [0.15, 0.2) is 12.1 Å². The molecule has 0 aliphatic rings. The molecule has 0 saturated heterocycles. The van der Waals surface area contributed by atoms with Crippen LogP contribution in [0.25, 0.3) is 0 Å². The van der Waals surface area contributed by atoms with E-state index in [1.807, 2.05) is 0 Å². The maximum atomic E-state index is 13.2. The summed E-state index contributed by atoms with van der Waals surface area (Å²) >= 11 is 0. The molecule has 0 saturated carbocycles. The van der Waals surface area contributed by atoms with Crippen molar-refractivity contribution in [1.82, 2.24) is 0 Å². The van der Waals surface area contributed by atoms with Gasteiger partial charge in [0.25, 0.3) is 0 Å². The van der Waals surface area contributed by atoms with Crippen LogP contribution in [0, 0.1) is 12.7 Å². The van der Waals surface area contributed by atoms with E-state index in [0.29, 0.717) is 17.9 Å². The summed E-state index contributed by atoms with van der Waals surface area (Å²) in [5.41, 5.74) is 5.42. The molecule has 0 spiro atoms. The van der Waals surface area contributed by atoms with Gasteiger partial charge in [0.1, 0.15) is 5.75 Å². The number of nitrogens with two attached hydrogens (primary N) is 1. The van der Waals surface area contributed by atoms with Crippen molar-refractivity contribution >= 4 is 6.09 Å². The Labute approximate surface area is 86.8 Å². The molecule has 0 bridgehead atoms. The van der Waals surface area contributed by atoms with E-state index in [9.17, 15) is 9.18 Å². The Morgan fingerprint density at radius 2 is 2.13 bits per heavy atom. The fraction of sp³-hybridized carbons (Fsp3) is 0.300. The largest absolute Gasteiger partial charge is 0.493 e. The predicted octanol–water partition coefficient (Wildman–Crippen LogP) is 1.99. The smallest absolute Gasteiger partial charge is 0.410 e. The second-order valence-corrected chi connectivity index (χ2v) is 2.90. The number of hydrogen-bond acceptors (Lipinski definition) is 3. The van der Waals surface area contributed by atoms with Gasteiger partial charge in [-0.2, -0.15) is 0 Å². The number of benzene rings is 1. The van der Waals surface area contributed by atoms with Gasteiger partial charge in [-0.15, -0.1) is 0 Å². The lowest BCUT2D eigenvalue weighted by Gasteiger charge is -2.09. The molecule has 0 aliphatic heterocycles. The van der Waals surface area contributed by atoms with Crippen LogP contribution in [0.2, 0.25) is 0 Å². The Kier molecular flexibility index (Phi) is 3.49. The van der Waals surface area contributed by atoms with Crippen LogP contribution in [-0.2, 0) is 0 Å². The monoisotopic (exact) mass is 213 g/mol. The van der Waals surface area contributed by atoms with Crippen molar-refractivity contribution < 1.29 is 18.7 Å². The van der Waals surface area contributed by atoms with Crippen molar-refractivity contribution in [3.05, 3.63) is 23.5 Å². The molecule has 1 rings (SSSR count). The Morgan fingerprint density at radius 3 is 2.67 bits per heavy atom. The van der Waals surface area contributed by atoms with E-state index in [1.54, 1.807) is 13.8 Å². The highest BCUT2D eigenvalue weighted by atomic mass is 19.1. The summed E-state index contributed by atoms with van der Waals surface area (Å²) in [5.74, 6) is -0.401. The van der Waals surface area contributed by atoms with Gasteiger partial charge >= 0.3 is 6.09 Å². The van der Waals surface area contributed by atoms with E-state index in [4.69, 9.17) is 10.5 Å². The summed E-state index contributed by atoms with van der Waals surface area (Å²) in [6, 6.07) is 2.53. The van der Waals surface area contributed by atoms with Crippen LogP contribution in [0.5, 0.6) is 11.5 Å².